The van der Waals surface area contributed by atoms with Crippen LogP contribution in [0.15, 0.2) is 24.3 Å². The van der Waals surface area contributed by atoms with Crippen molar-refractivity contribution in [3.05, 3.63) is 29.8 Å². The second-order valence-electron chi connectivity index (χ2n) is 3.71. The van der Waals surface area contributed by atoms with Gasteiger partial charge in [0, 0.05) is 12.7 Å². The normalized spacial score (nSPS) is 12.3. The molecule has 1 unspecified atom stereocenters. The summed E-state index contributed by atoms with van der Waals surface area (Å²) in [6.45, 7) is 4.35. The van der Waals surface area contributed by atoms with Gasteiger partial charge in [0.2, 0.25) is 0 Å². The summed E-state index contributed by atoms with van der Waals surface area (Å²) in [5.74, 6) is 0.552. The fraction of sp³-hybridized carbons (Fsp3) is 0.417. The van der Waals surface area contributed by atoms with Gasteiger partial charge in [0.25, 0.3) is 0 Å². The SMILES string of the molecule is CCC(C)c1ccc(N(C)C(=O)Cl)cc1. The van der Waals surface area contributed by atoms with Crippen molar-refractivity contribution >= 4 is 22.7 Å². The van der Waals surface area contributed by atoms with Crippen LogP contribution in [-0.2, 0) is 0 Å². The van der Waals surface area contributed by atoms with Gasteiger partial charge in [-0.25, -0.2) is 0 Å². The zero-order valence-electron chi connectivity index (χ0n) is 9.33. The van der Waals surface area contributed by atoms with Crippen LogP contribution < -0.4 is 4.90 Å². The molecule has 0 saturated carbocycles. The predicted octanol–water partition coefficient (Wildman–Crippen LogP) is 4.00. The Morgan fingerprint density at radius 3 is 2.33 bits per heavy atom. The number of halogens is 1. The predicted molar refractivity (Wildman–Crippen MR) is 64.8 cm³/mol. The Morgan fingerprint density at radius 2 is 1.93 bits per heavy atom. The molecule has 82 valence electrons. The first-order valence-electron chi connectivity index (χ1n) is 5.09. The number of carbonyl (C=O) groups excluding carboxylic acids is 1. The van der Waals surface area contributed by atoms with Crippen LogP contribution in [0.2, 0.25) is 0 Å². The molecule has 0 spiro atoms. The smallest absolute Gasteiger partial charge is 0.302 e. The maximum Gasteiger partial charge on any atom is 0.320 e. The number of anilines is 1. The van der Waals surface area contributed by atoms with Gasteiger partial charge in [0.1, 0.15) is 0 Å². The maximum absolute atomic E-state index is 10.9. The van der Waals surface area contributed by atoms with E-state index in [1.807, 2.05) is 24.3 Å². The summed E-state index contributed by atoms with van der Waals surface area (Å²) < 4.78 is 0. The highest BCUT2D eigenvalue weighted by atomic mass is 35.5. The van der Waals surface area contributed by atoms with Crippen LogP contribution in [0, 0.1) is 0 Å². The Labute approximate surface area is 95.8 Å². The molecular formula is C12H16ClNO. The number of hydrogen-bond donors (Lipinski definition) is 0. The summed E-state index contributed by atoms with van der Waals surface area (Å²) >= 11 is 5.38. The van der Waals surface area contributed by atoms with Crippen molar-refractivity contribution in [2.75, 3.05) is 11.9 Å². The van der Waals surface area contributed by atoms with Crippen LogP contribution in [0.1, 0.15) is 31.7 Å². The van der Waals surface area contributed by atoms with E-state index in [1.54, 1.807) is 7.05 Å². The van der Waals surface area contributed by atoms with Crippen LogP contribution in [0.5, 0.6) is 0 Å². The molecule has 0 fully saturated rings. The molecule has 0 aliphatic heterocycles. The van der Waals surface area contributed by atoms with Gasteiger partial charge in [-0.3, -0.25) is 4.79 Å². The second-order valence-corrected chi connectivity index (χ2v) is 4.04. The Bertz CT molecular complexity index is 334. The average molecular weight is 226 g/mol. The lowest BCUT2D eigenvalue weighted by molar-refractivity contribution is 0.265. The topological polar surface area (TPSA) is 20.3 Å². The molecule has 1 atom stereocenters. The third-order valence-electron chi connectivity index (χ3n) is 2.73. The average Bonchev–Trinajstić information content (AvgIpc) is 2.27. The van der Waals surface area contributed by atoms with Crippen molar-refractivity contribution in [2.24, 2.45) is 0 Å². The molecule has 2 nitrogen and oxygen atoms in total. The Morgan fingerprint density at radius 1 is 1.40 bits per heavy atom. The van der Waals surface area contributed by atoms with Crippen LogP contribution >= 0.6 is 11.6 Å². The van der Waals surface area contributed by atoms with E-state index < -0.39 is 5.37 Å². The Balaban J connectivity index is 2.85. The van der Waals surface area contributed by atoms with Crippen molar-refractivity contribution < 1.29 is 4.79 Å². The van der Waals surface area contributed by atoms with Crippen LogP contribution in [-0.4, -0.2) is 12.4 Å². The van der Waals surface area contributed by atoms with Gasteiger partial charge in [-0.1, -0.05) is 26.0 Å². The van der Waals surface area contributed by atoms with Gasteiger partial charge >= 0.3 is 5.37 Å². The molecule has 1 aromatic carbocycles. The highest BCUT2D eigenvalue weighted by molar-refractivity contribution is 6.66. The molecule has 0 N–H and O–H groups in total. The molecule has 0 bridgehead atoms. The van der Waals surface area contributed by atoms with E-state index in [1.165, 1.54) is 10.5 Å². The Hall–Kier alpha value is -1.02. The van der Waals surface area contributed by atoms with Gasteiger partial charge in [0.15, 0.2) is 0 Å². The third kappa shape index (κ3) is 2.96. The zero-order chi connectivity index (χ0) is 11.4. The van der Waals surface area contributed by atoms with E-state index in [0.717, 1.165) is 12.1 Å². The molecule has 1 amide bonds. The minimum absolute atomic E-state index is 0.466. The van der Waals surface area contributed by atoms with E-state index in [-0.39, 0.29) is 0 Å². The molecule has 0 aliphatic rings. The van der Waals surface area contributed by atoms with E-state index >= 15 is 0 Å². The highest BCUT2D eigenvalue weighted by Crippen LogP contribution is 2.22. The minimum Gasteiger partial charge on any atom is -0.302 e. The fourth-order valence-corrected chi connectivity index (χ4v) is 1.46. The minimum atomic E-state index is -0.466. The monoisotopic (exact) mass is 225 g/mol. The van der Waals surface area contributed by atoms with Crippen molar-refractivity contribution in [1.29, 1.82) is 0 Å². The first-order chi connectivity index (χ1) is 7.06. The molecule has 0 aromatic heterocycles. The number of amides is 1. The maximum atomic E-state index is 10.9. The number of carbonyl (C=O) groups is 1. The number of rotatable bonds is 3. The van der Waals surface area contributed by atoms with Gasteiger partial charge in [-0.05, 0) is 41.6 Å². The second kappa shape index (κ2) is 5.17. The van der Waals surface area contributed by atoms with Crippen molar-refractivity contribution in [3.63, 3.8) is 0 Å². The first-order valence-corrected chi connectivity index (χ1v) is 5.47. The largest absolute Gasteiger partial charge is 0.320 e. The van der Waals surface area contributed by atoms with E-state index in [2.05, 4.69) is 13.8 Å². The molecule has 1 aromatic rings. The van der Waals surface area contributed by atoms with Gasteiger partial charge in [-0.15, -0.1) is 0 Å². The van der Waals surface area contributed by atoms with Gasteiger partial charge in [0.05, 0.1) is 0 Å². The van der Waals surface area contributed by atoms with Crippen LogP contribution in [0.25, 0.3) is 0 Å². The fourth-order valence-electron chi connectivity index (χ4n) is 1.36. The van der Waals surface area contributed by atoms with E-state index in [4.69, 9.17) is 11.6 Å². The Kier molecular flexibility index (Phi) is 4.15. The molecule has 0 saturated heterocycles. The lowest BCUT2D eigenvalue weighted by Gasteiger charge is -2.15. The van der Waals surface area contributed by atoms with Crippen LogP contribution in [0.4, 0.5) is 10.5 Å². The summed E-state index contributed by atoms with van der Waals surface area (Å²) in [4.78, 5) is 12.3. The summed E-state index contributed by atoms with van der Waals surface area (Å²) in [5, 5.41) is -0.466. The first kappa shape index (κ1) is 12.1. The van der Waals surface area contributed by atoms with Crippen molar-refractivity contribution in [2.45, 2.75) is 26.2 Å². The molecule has 0 aliphatic carbocycles. The zero-order valence-corrected chi connectivity index (χ0v) is 10.1. The van der Waals surface area contributed by atoms with Crippen LogP contribution in [0.3, 0.4) is 0 Å². The quantitative estimate of drug-likeness (QED) is 0.563. The third-order valence-corrected chi connectivity index (χ3v) is 2.98. The van der Waals surface area contributed by atoms with Crippen molar-refractivity contribution in [1.82, 2.24) is 0 Å². The summed E-state index contributed by atoms with van der Waals surface area (Å²) in [6, 6.07) is 7.92. The van der Waals surface area contributed by atoms with E-state index in [9.17, 15) is 4.79 Å². The number of benzene rings is 1. The standard InChI is InChI=1S/C12H16ClNO/c1-4-9(2)10-5-7-11(8-6-10)14(3)12(13)15/h5-9H,4H2,1-3H3. The number of hydrogen-bond acceptors (Lipinski definition) is 1. The number of nitrogens with zero attached hydrogens (tertiary/aromatic N) is 1. The summed E-state index contributed by atoms with van der Waals surface area (Å²) in [5.41, 5.74) is 2.11. The molecular weight excluding hydrogens is 210 g/mol. The summed E-state index contributed by atoms with van der Waals surface area (Å²) in [6.07, 6.45) is 1.11. The van der Waals surface area contributed by atoms with Gasteiger partial charge in [-0.2, -0.15) is 0 Å². The van der Waals surface area contributed by atoms with E-state index in [0.29, 0.717) is 5.92 Å². The molecule has 0 radical (unpaired) electrons. The highest BCUT2D eigenvalue weighted by Gasteiger charge is 2.08. The van der Waals surface area contributed by atoms with Crippen molar-refractivity contribution in [3.8, 4) is 0 Å². The molecule has 1 rings (SSSR count). The molecule has 3 heteroatoms. The molecule has 15 heavy (non-hydrogen) atoms. The summed E-state index contributed by atoms with van der Waals surface area (Å²) in [7, 11) is 1.66. The lowest BCUT2D eigenvalue weighted by Crippen LogP contribution is -2.19. The lowest BCUT2D eigenvalue weighted by atomic mass is 9.98. The molecule has 0 heterocycles. The van der Waals surface area contributed by atoms with Gasteiger partial charge < -0.3 is 4.90 Å².